The molecule has 0 aromatic heterocycles. The molecule has 3 aromatic carbocycles. The van der Waals surface area contributed by atoms with Gasteiger partial charge in [0.15, 0.2) is 0 Å². The number of ether oxygens (including phenoxy) is 1. The molecule has 24 heavy (non-hydrogen) atoms. The van der Waals surface area contributed by atoms with Crippen LogP contribution < -0.4 is 15.4 Å². The molecule has 0 aliphatic rings. The van der Waals surface area contributed by atoms with E-state index < -0.39 is 0 Å². The number of rotatable bonds is 7. The molecule has 0 unspecified atom stereocenters. The molecule has 0 radical (unpaired) electrons. The molecular weight excluding hydrogens is 296 g/mol. The van der Waals surface area contributed by atoms with Crippen molar-refractivity contribution in [2.45, 2.75) is 6.42 Å². The van der Waals surface area contributed by atoms with Gasteiger partial charge in [0, 0.05) is 23.6 Å². The van der Waals surface area contributed by atoms with E-state index in [4.69, 9.17) is 4.74 Å². The third kappa shape index (κ3) is 4.53. The fraction of sp³-hybridized carbons (Fsp3) is 0.143. The van der Waals surface area contributed by atoms with Crippen LogP contribution in [0, 0.1) is 0 Å². The van der Waals surface area contributed by atoms with E-state index in [0.29, 0.717) is 0 Å². The first-order chi connectivity index (χ1) is 11.8. The fourth-order valence-electron chi connectivity index (χ4n) is 2.50. The Bertz CT molecular complexity index is 737. The molecule has 122 valence electrons. The largest absolute Gasteiger partial charge is 0.497 e. The summed E-state index contributed by atoms with van der Waals surface area (Å²) in [7, 11) is 1.69. The van der Waals surface area contributed by atoms with Gasteiger partial charge in [0.1, 0.15) is 5.75 Å². The lowest BCUT2D eigenvalue weighted by atomic mass is 10.1. The van der Waals surface area contributed by atoms with Crippen LogP contribution >= 0.6 is 0 Å². The minimum absolute atomic E-state index is 0.896. The summed E-state index contributed by atoms with van der Waals surface area (Å²) in [4.78, 5) is 0. The zero-order valence-electron chi connectivity index (χ0n) is 13.8. The highest BCUT2D eigenvalue weighted by molar-refractivity contribution is 5.62. The number of para-hydroxylation sites is 1. The second-order valence-corrected chi connectivity index (χ2v) is 5.59. The van der Waals surface area contributed by atoms with E-state index >= 15 is 0 Å². The van der Waals surface area contributed by atoms with Gasteiger partial charge in [0.2, 0.25) is 0 Å². The third-order valence-corrected chi connectivity index (χ3v) is 3.85. The Morgan fingerprint density at radius 2 is 1.33 bits per heavy atom. The van der Waals surface area contributed by atoms with Crippen molar-refractivity contribution in [1.82, 2.24) is 0 Å². The first kappa shape index (κ1) is 15.9. The van der Waals surface area contributed by atoms with Gasteiger partial charge < -0.3 is 15.4 Å². The van der Waals surface area contributed by atoms with Crippen molar-refractivity contribution < 1.29 is 4.74 Å². The van der Waals surface area contributed by atoms with Crippen LogP contribution in [0.15, 0.2) is 78.9 Å². The van der Waals surface area contributed by atoms with E-state index in [1.807, 2.05) is 30.3 Å². The van der Waals surface area contributed by atoms with Gasteiger partial charge in [-0.3, -0.25) is 0 Å². The second kappa shape index (κ2) is 8.06. The third-order valence-electron chi connectivity index (χ3n) is 3.85. The molecule has 3 heteroatoms. The van der Waals surface area contributed by atoms with Crippen molar-refractivity contribution in [2.75, 3.05) is 24.3 Å². The molecule has 0 aliphatic carbocycles. The average Bonchev–Trinajstić information content (AvgIpc) is 2.65. The summed E-state index contributed by atoms with van der Waals surface area (Å²) in [6.45, 7) is 0.901. The minimum Gasteiger partial charge on any atom is -0.497 e. The van der Waals surface area contributed by atoms with Crippen LogP contribution in [0.4, 0.5) is 17.1 Å². The quantitative estimate of drug-likeness (QED) is 0.636. The molecule has 0 heterocycles. The van der Waals surface area contributed by atoms with Crippen molar-refractivity contribution in [3.05, 3.63) is 84.4 Å². The smallest absolute Gasteiger partial charge is 0.118 e. The predicted octanol–water partition coefficient (Wildman–Crippen LogP) is 5.09. The summed E-state index contributed by atoms with van der Waals surface area (Å²) < 4.78 is 5.18. The Morgan fingerprint density at radius 1 is 0.708 bits per heavy atom. The number of hydrogen-bond acceptors (Lipinski definition) is 3. The summed E-state index contributed by atoms with van der Waals surface area (Å²) in [6, 6.07) is 26.8. The van der Waals surface area contributed by atoms with Gasteiger partial charge in [-0.05, 0) is 60.5 Å². The van der Waals surface area contributed by atoms with E-state index in [2.05, 4.69) is 59.2 Å². The summed E-state index contributed by atoms with van der Waals surface area (Å²) in [5.74, 6) is 0.896. The maximum atomic E-state index is 5.18. The van der Waals surface area contributed by atoms with Crippen LogP contribution in [-0.2, 0) is 6.42 Å². The number of anilines is 3. The molecule has 0 aliphatic heterocycles. The van der Waals surface area contributed by atoms with Crippen LogP contribution in [-0.4, -0.2) is 13.7 Å². The van der Waals surface area contributed by atoms with Crippen molar-refractivity contribution in [3.8, 4) is 5.75 Å². The van der Waals surface area contributed by atoms with E-state index in [1.54, 1.807) is 7.11 Å². The molecule has 0 atom stereocenters. The van der Waals surface area contributed by atoms with Gasteiger partial charge in [-0.15, -0.1) is 0 Å². The van der Waals surface area contributed by atoms with Crippen LogP contribution in [0.3, 0.4) is 0 Å². The Balaban J connectivity index is 1.49. The average molecular weight is 318 g/mol. The summed E-state index contributed by atoms with van der Waals surface area (Å²) in [5, 5.41) is 6.84. The summed E-state index contributed by atoms with van der Waals surface area (Å²) >= 11 is 0. The van der Waals surface area contributed by atoms with Crippen LogP contribution in [0.1, 0.15) is 5.56 Å². The zero-order valence-corrected chi connectivity index (χ0v) is 13.8. The maximum Gasteiger partial charge on any atom is 0.118 e. The topological polar surface area (TPSA) is 33.3 Å². The van der Waals surface area contributed by atoms with E-state index in [-0.39, 0.29) is 0 Å². The van der Waals surface area contributed by atoms with Gasteiger partial charge in [-0.2, -0.15) is 0 Å². The molecule has 0 saturated heterocycles. The first-order valence-electron chi connectivity index (χ1n) is 8.12. The fourth-order valence-corrected chi connectivity index (χ4v) is 2.50. The Kier molecular flexibility index (Phi) is 5.36. The first-order valence-corrected chi connectivity index (χ1v) is 8.12. The molecule has 3 nitrogen and oxygen atoms in total. The molecule has 0 saturated carbocycles. The van der Waals surface area contributed by atoms with Gasteiger partial charge in [0.25, 0.3) is 0 Å². The summed E-state index contributed by atoms with van der Waals surface area (Å²) in [5.41, 5.74) is 4.60. The Labute approximate surface area is 143 Å². The normalized spacial score (nSPS) is 10.2. The van der Waals surface area contributed by atoms with Crippen LogP contribution in [0.25, 0.3) is 0 Å². The maximum absolute atomic E-state index is 5.18. The highest BCUT2D eigenvalue weighted by atomic mass is 16.5. The molecule has 0 bridgehead atoms. The van der Waals surface area contributed by atoms with Crippen molar-refractivity contribution >= 4 is 17.1 Å². The highest BCUT2D eigenvalue weighted by Crippen LogP contribution is 2.18. The number of methoxy groups -OCH3 is 1. The van der Waals surface area contributed by atoms with Gasteiger partial charge >= 0.3 is 0 Å². The minimum atomic E-state index is 0.896. The second-order valence-electron chi connectivity index (χ2n) is 5.59. The number of benzene rings is 3. The summed E-state index contributed by atoms with van der Waals surface area (Å²) in [6.07, 6.45) is 0.980. The van der Waals surface area contributed by atoms with Gasteiger partial charge in [-0.25, -0.2) is 0 Å². The lowest BCUT2D eigenvalue weighted by Crippen LogP contribution is -2.04. The standard InChI is InChI=1S/C21H22N2O/c1-24-21-13-7-17(8-14-21)15-16-22-18-9-11-20(12-10-18)23-19-5-3-2-4-6-19/h2-14,22-23H,15-16H2,1H3. The lowest BCUT2D eigenvalue weighted by Gasteiger charge is -2.09. The van der Waals surface area contributed by atoms with Crippen LogP contribution in [0.2, 0.25) is 0 Å². The SMILES string of the molecule is COc1ccc(CCNc2ccc(Nc3ccccc3)cc2)cc1. The van der Waals surface area contributed by atoms with Crippen LogP contribution in [0.5, 0.6) is 5.75 Å². The van der Waals surface area contributed by atoms with Crippen molar-refractivity contribution in [2.24, 2.45) is 0 Å². The monoisotopic (exact) mass is 318 g/mol. The number of hydrogen-bond donors (Lipinski definition) is 2. The molecule has 3 aromatic rings. The van der Waals surface area contributed by atoms with E-state index in [1.165, 1.54) is 5.56 Å². The lowest BCUT2D eigenvalue weighted by molar-refractivity contribution is 0.414. The van der Waals surface area contributed by atoms with E-state index in [9.17, 15) is 0 Å². The molecule has 0 spiro atoms. The molecular formula is C21H22N2O. The Morgan fingerprint density at radius 3 is 2.00 bits per heavy atom. The Hall–Kier alpha value is -2.94. The zero-order chi connectivity index (χ0) is 16.6. The van der Waals surface area contributed by atoms with E-state index in [0.717, 1.165) is 35.8 Å². The van der Waals surface area contributed by atoms with Gasteiger partial charge in [-0.1, -0.05) is 30.3 Å². The van der Waals surface area contributed by atoms with Gasteiger partial charge in [0.05, 0.1) is 7.11 Å². The predicted molar refractivity (Wildman–Crippen MR) is 101 cm³/mol. The molecule has 2 N–H and O–H groups in total. The number of nitrogens with one attached hydrogen (secondary N) is 2. The van der Waals surface area contributed by atoms with Crippen molar-refractivity contribution in [1.29, 1.82) is 0 Å². The molecule has 3 rings (SSSR count). The molecule has 0 amide bonds. The van der Waals surface area contributed by atoms with Crippen molar-refractivity contribution in [3.63, 3.8) is 0 Å². The molecule has 0 fully saturated rings. The highest BCUT2D eigenvalue weighted by Gasteiger charge is 1.97.